The molecule has 2 N–H and O–H groups in total. The molecule has 92 valence electrons. The van der Waals surface area contributed by atoms with E-state index in [1.165, 1.54) is 9.13 Å². The smallest absolute Gasteiger partial charge is 0.227 e. The van der Waals surface area contributed by atoms with Gasteiger partial charge < -0.3 is 10.6 Å². The van der Waals surface area contributed by atoms with Crippen molar-refractivity contribution in [2.75, 3.05) is 18.0 Å². The predicted octanol–water partition coefficient (Wildman–Crippen LogP) is 2.17. The van der Waals surface area contributed by atoms with Crippen LogP contribution in [0.3, 0.4) is 0 Å². The number of aryl methyl sites for hydroxylation is 1. The van der Waals surface area contributed by atoms with Crippen molar-refractivity contribution < 1.29 is 4.79 Å². The van der Waals surface area contributed by atoms with Crippen molar-refractivity contribution in [3.05, 3.63) is 27.3 Å². The summed E-state index contributed by atoms with van der Waals surface area (Å²) in [5.74, 6) is 0.517. The number of carbonyl (C=O) groups is 1. The number of hydrogen-bond acceptors (Lipinski definition) is 2. The molecule has 1 unspecified atom stereocenters. The molecule has 1 aromatic rings. The molecule has 4 heteroatoms. The summed E-state index contributed by atoms with van der Waals surface area (Å²) in [5.41, 5.74) is 7.95. The third-order valence-corrected chi connectivity index (χ3v) is 3.92. The number of amides is 1. The summed E-state index contributed by atoms with van der Waals surface area (Å²) in [7, 11) is 0. The minimum atomic E-state index is 0.205. The molecular weight excluding hydrogens is 327 g/mol. The van der Waals surface area contributed by atoms with Crippen LogP contribution in [0.4, 0.5) is 5.69 Å². The van der Waals surface area contributed by atoms with Gasteiger partial charge in [-0.05, 0) is 65.2 Å². The van der Waals surface area contributed by atoms with Crippen molar-refractivity contribution in [3.63, 3.8) is 0 Å². The van der Waals surface area contributed by atoms with E-state index < -0.39 is 0 Å². The zero-order valence-electron chi connectivity index (χ0n) is 9.95. The highest BCUT2D eigenvalue weighted by Gasteiger charge is 2.30. The summed E-state index contributed by atoms with van der Waals surface area (Å²) in [6.07, 6.45) is 1.54. The normalized spacial score (nSPS) is 20.1. The molecule has 17 heavy (non-hydrogen) atoms. The van der Waals surface area contributed by atoms with E-state index in [2.05, 4.69) is 47.7 Å². The molecular formula is C13H17IN2O. The lowest BCUT2D eigenvalue weighted by Gasteiger charge is -2.20. The molecule has 0 aromatic heterocycles. The van der Waals surface area contributed by atoms with Gasteiger partial charge in [0.05, 0.1) is 0 Å². The number of benzene rings is 1. The van der Waals surface area contributed by atoms with Gasteiger partial charge in [0, 0.05) is 22.2 Å². The third-order valence-electron chi connectivity index (χ3n) is 3.25. The Labute approximate surface area is 116 Å². The van der Waals surface area contributed by atoms with Crippen molar-refractivity contribution in [3.8, 4) is 0 Å². The first kappa shape index (κ1) is 12.8. The van der Waals surface area contributed by atoms with Gasteiger partial charge in [-0.25, -0.2) is 0 Å². The van der Waals surface area contributed by atoms with Gasteiger partial charge in [0.1, 0.15) is 0 Å². The number of hydrogen-bond donors (Lipinski definition) is 1. The summed E-state index contributed by atoms with van der Waals surface area (Å²) in [5, 5.41) is 0. The Kier molecular flexibility index (Phi) is 4.04. The first-order valence-corrected chi connectivity index (χ1v) is 7.02. The maximum Gasteiger partial charge on any atom is 0.227 e. The molecule has 2 rings (SSSR count). The van der Waals surface area contributed by atoms with Gasteiger partial charge in [-0.1, -0.05) is 6.92 Å². The van der Waals surface area contributed by atoms with Crippen LogP contribution in [0.15, 0.2) is 18.2 Å². The Bertz CT molecular complexity index is 433. The minimum Gasteiger partial charge on any atom is -0.330 e. The van der Waals surface area contributed by atoms with Crippen molar-refractivity contribution in [1.29, 1.82) is 0 Å². The Balaban J connectivity index is 2.31. The molecule has 1 aromatic carbocycles. The summed E-state index contributed by atoms with van der Waals surface area (Å²) in [6, 6.07) is 6.26. The highest BCUT2D eigenvalue weighted by atomic mass is 127. The van der Waals surface area contributed by atoms with Crippen molar-refractivity contribution >= 4 is 34.2 Å². The van der Waals surface area contributed by atoms with Gasteiger partial charge in [0.2, 0.25) is 5.91 Å². The maximum atomic E-state index is 12.0. The van der Waals surface area contributed by atoms with E-state index in [4.69, 9.17) is 5.73 Å². The quantitative estimate of drug-likeness (QED) is 0.855. The molecule has 0 saturated carbocycles. The molecule has 1 amide bonds. The Morgan fingerprint density at radius 1 is 1.53 bits per heavy atom. The van der Waals surface area contributed by atoms with Crippen LogP contribution in [-0.2, 0) is 11.2 Å². The summed E-state index contributed by atoms with van der Waals surface area (Å²) < 4.78 is 1.21. The van der Waals surface area contributed by atoms with Gasteiger partial charge in [-0.2, -0.15) is 0 Å². The molecule has 0 spiro atoms. The summed E-state index contributed by atoms with van der Waals surface area (Å²) in [6.45, 7) is 3.48. The van der Waals surface area contributed by atoms with E-state index in [0.717, 1.165) is 18.7 Å². The second-order valence-corrected chi connectivity index (χ2v) is 5.68. The van der Waals surface area contributed by atoms with E-state index in [0.29, 0.717) is 18.9 Å². The molecule has 1 aliphatic rings. The Morgan fingerprint density at radius 2 is 2.29 bits per heavy atom. The molecule has 1 aliphatic heterocycles. The van der Waals surface area contributed by atoms with E-state index in [1.54, 1.807) is 0 Å². The summed E-state index contributed by atoms with van der Waals surface area (Å²) in [4.78, 5) is 13.9. The molecule has 1 fully saturated rings. The second kappa shape index (κ2) is 5.35. The lowest BCUT2D eigenvalue weighted by molar-refractivity contribution is -0.117. The molecule has 0 radical (unpaired) electrons. The van der Waals surface area contributed by atoms with Crippen LogP contribution >= 0.6 is 22.6 Å². The highest BCUT2D eigenvalue weighted by molar-refractivity contribution is 14.1. The van der Waals surface area contributed by atoms with Crippen LogP contribution in [0.5, 0.6) is 0 Å². The fraction of sp³-hybridized carbons (Fsp3) is 0.462. The first-order chi connectivity index (χ1) is 8.15. The van der Waals surface area contributed by atoms with Crippen LogP contribution in [0.1, 0.15) is 18.9 Å². The Morgan fingerprint density at radius 3 is 2.88 bits per heavy atom. The van der Waals surface area contributed by atoms with Crippen LogP contribution in [-0.4, -0.2) is 19.0 Å². The van der Waals surface area contributed by atoms with Crippen molar-refractivity contribution in [2.24, 2.45) is 11.7 Å². The number of nitrogens with zero attached hydrogens (tertiary/aromatic N) is 1. The van der Waals surface area contributed by atoms with Crippen LogP contribution in [0.25, 0.3) is 0 Å². The van der Waals surface area contributed by atoms with Gasteiger partial charge in [0.25, 0.3) is 0 Å². The zero-order chi connectivity index (χ0) is 12.4. The SMILES string of the molecule is CCc1cc(I)ccc1N1CC(CN)CC1=O. The van der Waals surface area contributed by atoms with E-state index in [1.807, 2.05) is 4.90 Å². The number of halogens is 1. The zero-order valence-corrected chi connectivity index (χ0v) is 12.1. The number of anilines is 1. The molecule has 0 aliphatic carbocycles. The number of nitrogens with two attached hydrogens (primary N) is 1. The fourth-order valence-electron chi connectivity index (χ4n) is 2.27. The van der Waals surface area contributed by atoms with Gasteiger partial charge in [-0.15, -0.1) is 0 Å². The molecule has 1 saturated heterocycles. The largest absolute Gasteiger partial charge is 0.330 e. The predicted molar refractivity (Wildman–Crippen MR) is 78.1 cm³/mol. The third kappa shape index (κ3) is 2.63. The monoisotopic (exact) mass is 344 g/mol. The lowest BCUT2D eigenvalue weighted by Crippen LogP contribution is -2.26. The van der Waals surface area contributed by atoms with E-state index in [-0.39, 0.29) is 5.91 Å². The van der Waals surface area contributed by atoms with Gasteiger partial charge >= 0.3 is 0 Å². The maximum absolute atomic E-state index is 12.0. The molecule has 1 heterocycles. The lowest BCUT2D eigenvalue weighted by atomic mass is 10.1. The van der Waals surface area contributed by atoms with E-state index in [9.17, 15) is 4.79 Å². The molecule has 3 nitrogen and oxygen atoms in total. The van der Waals surface area contributed by atoms with E-state index >= 15 is 0 Å². The van der Waals surface area contributed by atoms with Crippen LogP contribution in [0, 0.1) is 9.49 Å². The number of carbonyl (C=O) groups excluding carboxylic acids is 1. The van der Waals surface area contributed by atoms with Gasteiger partial charge in [-0.3, -0.25) is 4.79 Å². The average molecular weight is 344 g/mol. The minimum absolute atomic E-state index is 0.205. The van der Waals surface area contributed by atoms with Crippen molar-refractivity contribution in [2.45, 2.75) is 19.8 Å². The molecule has 0 bridgehead atoms. The topological polar surface area (TPSA) is 46.3 Å². The standard InChI is InChI=1S/C13H17IN2O/c1-2-10-6-11(14)3-4-12(10)16-8-9(7-15)5-13(16)17/h3-4,6,9H,2,5,7-8,15H2,1H3. The van der Waals surface area contributed by atoms with Gasteiger partial charge in [0.15, 0.2) is 0 Å². The van der Waals surface area contributed by atoms with Crippen molar-refractivity contribution in [1.82, 2.24) is 0 Å². The summed E-state index contributed by atoms with van der Waals surface area (Å²) >= 11 is 2.30. The average Bonchev–Trinajstić information content (AvgIpc) is 2.70. The number of rotatable bonds is 3. The van der Waals surface area contributed by atoms with Crippen LogP contribution in [0.2, 0.25) is 0 Å². The highest BCUT2D eigenvalue weighted by Crippen LogP contribution is 2.29. The first-order valence-electron chi connectivity index (χ1n) is 5.94. The molecule has 1 atom stereocenters. The Hall–Kier alpha value is -0.620. The van der Waals surface area contributed by atoms with Crippen LogP contribution < -0.4 is 10.6 Å². The fourth-order valence-corrected chi connectivity index (χ4v) is 2.83. The second-order valence-electron chi connectivity index (χ2n) is 4.44.